The number of hydrogen-bond acceptors (Lipinski definition) is 6. The molecule has 0 saturated heterocycles. The first-order valence-corrected chi connectivity index (χ1v) is 12.9. The molecule has 1 aromatic heterocycles. The minimum Gasteiger partial charge on any atom is -0.490 e. The highest BCUT2D eigenvalue weighted by Gasteiger charge is 2.34. The molecule has 178 valence electrons. The fourth-order valence-electron chi connectivity index (χ4n) is 4.56. The Labute approximate surface area is 198 Å². The molecule has 4 rings (SSSR count). The quantitative estimate of drug-likeness (QED) is 0.510. The molecule has 1 N–H and O–H groups in total. The lowest BCUT2D eigenvalue weighted by molar-refractivity contribution is -0.137. The standard InChI is InChI=1S/C25H26N2O6S/c1-15(2)33-22-7-4-16(10-18(22)13-26)14-32-19-5-6-21-20(12-19)25(34(3,30)31)24-17(11-23(28)29)8-9-27(21)24/h4-7,10,12,15,17H,8-9,11,14H2,1-3H3,(H,28,29). The lowest BCUT2D eigenvalue weighted by Gasteiger charge is -2.13. The summed E-state index contributed by atoms with van der Waals surface area (Å²) in [4.78, 5) is 11.5. The molecule has 0 amide bonds. The predicted molar refractivity (Wildman–Crippen MR) is 126 cm³/mol. The number of sulfone groups is 1. The molecule has 0 bridgehead atoms. The van der Waals surface area contributed by atoms with Gasteiger partial charge >= 0.3 is 5.97 Å². The van der Waals surface area contributed by atoms with E-state index < -0.39 is 15.8 Å². The number of benzene rings is 2. The molecule has 0 saturated carbocycles. The molecular weight excluding hydrogens is 456 g/mol. The molecule has 3 aromatic rings. The van der Waals surface area contributed by atoms with Gasteiger partial charge in [-0.3, -0.25) is 4.79 Å². The molecule has 1 aliphatic rings. The number of aryl methyl sites for hydroxylation is 1. The summed E-state index contributed by atoms with van der Waals surface area (Å²) in [7, 11) is -3.61. The summed E-state index contributed by atoms with van der Waals surface area (Å²) in [6, 6.07) is 12.7. The van der Waals surface area contributed by atoms with Gasteiger partial charge in [0.15, 0.2) is 9.84 Å². The van der Waals surface area contributed by atoms with Gasteiger partial charge in [0.25, 0.3) is 0 Å². The van der Waals surface area contributed by atoms with Crippen LogP contribution in [0.4, 0.5) is 0 Å². The monoisotopic (exact) mass is 482 g/mol. The van der Waals surface area contributed by atoms with E-state index in [1.165, 1.54) is 0 Å². The summed E-state index contributed by atoms with van der Waals surface area (Å²) >= 11 is 0. The van der Waals surface area contributed by atoms with Crippen molar-refractivity contribution < 1.29 is 27.8 Å². The number of aliphatic carboxylic acids is 1. The van der Waals surface area contributed by atoms with Crippen molar-refractivity contribution in [2.75, 3.05) is 6.26 Å². The number of carboxylic acids is 1. The number of nitriles is 1. The summed E-state index contributed by atoms with van der Waals surface area (Å²) in [5, 5.41) is 19.2. The van der Waals surface area contributed by atoms with Gasteiger partial charge in [-0.15, -0.1) is 0 Å². The predicted octanol–water partition coefficient (Wildman–Crippen LogP) is 4.24. The molecule has 1 aliphatic heterocycles. The zero-order chi connectivity index (χ0) is 24.6. The van der Waals surface area contributed by atoms with Crippen LogP contribution in [0.15, 0.2) is 41.3 Å². The second kappa shape index (κ2) is 9.03. The van der Waals surface area contributed by atoms with Crippen LogP contribution in [-0.2, 0) is 27.8 Å². The van der Waals surface area contributed by atoms with E-state index in [1.54, 1.807) is 24.3 Å². The van der Waals surface area contributed by atoms with Crippen LogP contribution < -0.4 is 9.47 Å². The van der Waals surface area contributed by atoms with Crippen LogP contribution in [0.3, 0.4) is 0 Å². The van der Waals surface area contributed by atoms with Gasteiger partial charge in [-0.2, -0.15) is 5.26 Å². The van der Waals surface area contributed by atoms with E-state index in [1.807, 2.05) is 30.5 Å². The highest BCUT2D eigenvalue weighted by atomic mass is 32.2. The van der Waals surface area contributed by atoms with E-state index in [0.29, 0.717) is 41.1 Å². The summed E-state index contributed by atoms with van der Waals surface area (Å²) < 4.78 is 38.9. The van der Waals surface area contributed by atoms with Crippen LogP contribution in [0.2, 0.25) is 0 Å². The Morgan fingerprint density at radius 3 is 2.68 bits per heavy atom. The number of aromatic nitrogens is 1. The van der Waals surface area contributed by atoms with Crippen LogP contribution in [0, 0.1) is 11.3 Å². The number of carboxylic acid groups (broad SMARTS) is 1. The Bertz CT molecular complexity index is 1420. The zero-order valence-corrected chi connectivity index (χ0v) is 20.1. The third-order valence-electron chi connectivity index (χ3n) is 5.84. The van der Waals surface area contributed by atoms with Crippen LogP contribution in [0.5, 0.6) is 11.5 Å². The fraction of sp³-hybridized carbons (Fsp3) is 0.360. The fourth-order valence-corrected chi connectivity index (χ4v) is 5.78. The summed E-state index contributed by atoms with van der Waals surface area (Å²) in [6.07, 6.45) is 1.58. The first-order chi connectivity index (χ1) is 16.1. The topological polar surface area (TPSA) is 119 Å². The second-order valence-electron chi connectivity index (χ2n) is 8.80. The summed E-state index contributed by atoms with van der Waals surface area (Å²) in [6.45, 7) is 4.54. The number of rotatable bonds is 8. The molecule has 1 unspecified atom stereocenters. The van der Waals surface area contributed by atoms with Gasteiger partial charge in [0.1, 0.15) is 24.2 Å². The van der Waals surface area contributed by atoms with Gasteiger partial charge in [-0.05, 0) is 56.2 Å². The van der Waals surface area contributed by atoms with Crippen LogP contribution in [-0.4, -0.2) is 36.4 Å². The maximum absolute atomic E-state index is 12.7. The number of fused-ring (bicyclic) bond motifs is 3. The average Bonchev–Trinajstić information content (AvgIpc) is 3.29. The van der Waals surface area contributed by atoms with E-state index >= 15 is 0 Å². The first kappa shape index (κ1) is 23.6. The van der Waals surface area contributed by atoms with E-state index in [-0.39, 0.29) is 29.9 Å². The molecule has 1 atom stereocenters. The van der Waals surface area contributed by atoms with Crippen molar-refractivity contribution in [1.29, 1.82) is 5.26 Å². The van der Waals surface area contributed by atoms with Gasteiger partial charge in [0.2, 0.25) is 0 Å². The van der Waals surface area contributed by atoms with Gasteiger partial charge in [0.05, 0.1) is 23.0 Å². The summed E-state index contributed by atoms with van der Waals surface area (Å²) in [5.74, 6) is -0.305. The largest absolute Gasteiger partial charge is 0.490 e. The highest BCUT2D eigenvalue weighted by Crippen LogP contribution is 2.43. The number of nitrogens with zero attached hydrogens (tertiary/aromatic N) is 2. The molecule has 34 heavy (non-hydrogen) atoms. The lowest BCUT2D eigenvalue weighted by Crippen LogP contribution is -2.08. The second-order valence-corrected chi connectivity index (χ2v) is 10.8. The molecule has 0 spiro atoms. The van der Waals surface area contributed by atoms with Crippen molar-refractivity contribution in [3.8, 4) is 17.6 Å². The van der Waals surface area contributed by atoms with E-state index in [9.17, 15) is 23.6 Å². The summed E-state index contributed by atoms with van der Waals surface area (Å²) in [5.41, 5.74) is 2.50. The maximum Gasteiger partial charge on any atom is 0.304 e. The molecule has 0 radical (unpaired) electrons. The highest BCUT2D eigenvalue weighted by molar-refractivity contribution is 7.91. The smallest absolute Gasteiger partial charge is 0.304 e. The van der Waals surface area contributed by atoms with Gasteiger partial charge in [-0.25, -0.2) is 8.42 Å². The molecule has 0 aliphatic carbocycles. The maximum atomic E-state index is 12.7. The Morgan fingerprint density at radius 1 is 1.26 bits per heavy atom. The average molecular weight is 483 g/mol. The van der Waals surface area contributed by atoms with Gasteiger partial charge in [-0.1, -0.05) is 6.07 Å². The van der Waals surface area contributed by atoms with E-state index in [4.69, 9.17) is 9.47 Å². The zero-order valence-electron chi connectivity index (χ0n) is 19.2. The Balaban J connectivity index is 1.66. The van der Waals surface area contributed by atoms with Crippen molar-refractivity contribution in [2.24, 2.45) is 0 Å². The third-order valence-corrected chi connectivity index (χ3v) is 7.01. The van der Waals surface area contributed by atoms with Crippen molar-refractivity contribution in [1.82, 2.24) is 4.57 Å². The SMILES string of the molecule is CC(C)Oc1ccc(COc2ccc3c(c2)c(S(C)(=O)=O)c2n3CCC2CC(=O)O)cc1C#N. The molecule has 8 nitrogen and oxygen atoms in total. The van der Waals surface area contributed by atoms with E-state index in [2.05, 4.69) is 6.07 Å². The minimum atomic E-state index is -3.61. The Morgan fingerprint density at radius 2 is 2.03 bits per heavy atom. The lowest BCUT2D eigenvalue weighted by atomic mass is 10.0. The number of hydrogen-bond donors (Lipinski definition) is 1. The molecule has 9 heteroatoms. The van der Waals surface area contributed by atoms with Crippen LogP contribution >= 0.6 is 0 Å². The Hall–Kier alpha value is -3.51. The van der Waals surface area contributed by atoms with Crippen LogP contribution in [0.25, 0.3) is 10.9 Å². The molecule has 2 heterocycles. The molecular formula is C25H26N2O6S. The number of ether oxygens (including phenoxy) is 2. The van der Waals surface area contributed by atoms with Crippen molar-refractivity contribution in [2.45, 2.75) is 56.8 Å². The van der Waals surface area contributed by atoms with Crippen molar-refractivity contribution >= 4 is 26.7 Å². The van der Waals surface area contributed by atoms with Crippen molar-refractivity contribution in [3.63, 3.8) is 0 Å². The van der Waals surface area contributed by atoms with Gasteiger partial charge in [0, 0.05) is 35.3 Å². The number of carbonyl (C=O) groups is 1. The normalized spacial score (nSPS) is 15.3. The minimum absolute atomic E-state index is 0.0518. The third kappa shape index (κ3) is 4.59. The van der Waals surface area contributed by atoms with Crippen molar-refractivity contribution in [3.05, 3.63) is 53.2 Å². The molecule has 2 aromatic carbocycles. The molecule has 0 fully saturated rings. The Kier molecular flexibility index (Phi) is 6.28. The van der Waals surface area contributed by atoms with Gasteiger partial charge < -0.3 is 19.1 Å². The van der Waals surface area contributed by atoms with Crippen LogP contribution in [0.1, 0.15) is 49.4 Å². The first-order valence-electron chi connectivity index (χ1n) is 11.0. The van der Waals surface area contributed by atoms with E-state index in [0.717, 1.165) is 17.3 Å².